The molecule has 0 radical (unpaired) electrons. The summed E-state index contributed by atoms with van der Waals surface area (Å²) in [4.78, 5) is 32.5. The van der Waals surface area contributed by atoms with Gasteiger partial charge in [0.25, 0.3) is 5.91 Å². The maximum Gasteiger partial charge on any atom is 0.252 e. The maximum atomic E-state index is 12.8. The molecule has 1 aromatic carbocycles. The van der Waals surface area contributed by atoms with E-state index in [0.717, 1.165) is 36.2 Å². The Labute approximate surface area is 147 Å². The number of aromatic nitrogens is 1. The molecule has 2 heterocycles. The van der Waals surface area contributed by atoms with Gasteiger partial charge in [-0.25, -0.2) is 4.98 Å². The average molecular weight is 340 g/mol. The number of para-hydroxylation sites is 1. The predicted octanol–water partition coefficient (Wildman–Crippen LogP) is 1.90. The Morgan fingerprint density at radius 1 is 1.32 bits per heavy atom. The summed E-state index contributed by atoms with van der Waals surface area (Å²) in [5.41, 5.74) is 1.44. The topological polar surface area (TPSA) is 65.5 Å². The number of benzene rings is 1. The lowest BCUT2D eigenvalue weighted by molar-refractivity contribution is -0.127. The zero-order valence-corrected chi connectivity index (χ0v) is 15.0. The smallest absolute Gasteiger partial charge is 0.252 e. The summed E-state index contributed by atoms with van der Waals surface area (Å²) in [5, 5.41) is 3.88. The number of rotatable bonds is 4. The highest BCUT2D eigenvalue weighted by molar-refractivity contribution is 6.07. The van der Waals surface area contributed by atoms with Gasteiger partial charge in [0, 0.05) is 46.0 Å². The van der Waals surface area contributed by atoms with Gasteiger partial charge in [0.15, 0.2) is 0 Å². The van der Waals surface area contributed by atoms with E-state index in [1.165, 1.54) is 0 Å². The summed E-state index contributed by atoms with van der Waals surface area (Å²) in [6.45, 7) is 3.66. The van der Waals surface area contributed by atoms with E-state index in [0.29, 0.717) is 18.0 Å². The van der Waals surface area contributed by atoms with Crippen LogP contribution in [0.25, 0.3) is 10.9 Å². The molecule has 0 spiro atoms. The second-order valence-corrected chi connectivity index (χ2v) is 6.77. The van der Waals surface area contributed by atoms with E-state index in [1.54, 1.807) is 6.92 Å². The zero-order chi connectivity index (χ0) is 18.0. The molecular weight excluding hydrogens is 316 g/mol. The van der Waals surface area contributed by atoms with Gasteiger partial charge in [0.05, 0.1) is 11.1 Å². The number of amides is 2. The van der Waals surface area contributed by atoms with Gasteiger partial charge in [-0.3, -0.25) is 9.59 Å². The van der Waals surface area contributed by atoms with Crippen LogP contribution in [0.1, 0.15) is 23.7 Å². The minimum atomic E-state index is -0.0945. The molecule has 0 aliphatic carbocycles. The van der Waals surface area contributed by atoms with Crippen molar-refractivity contribution >= 4 is 28.5 Å². The highest BCUT2D eigenvalue weighted by Gasteiger charge is 2.24. The number of carbonyl (C=O) groups is 2. The summed E-state index contributed by atoms with van der Waals surface area (Å²) in [6, 6.07) is 9.50. The summed E-state index contributed by atoms with van der Waals surface area (Å²) < 4.78 is 0. The van der Waals surface area contributed by atoms with Crippen molar-refractivity contribution in [3.8, 4) is 0 Å². The van der Waals surface area contributed by atoms with Crippen LogP contribution in [0.4, 0.5) is 5.82 Å². The molecule has 6 heteroatoms. The van der Waals surface area contributed by atoms with Crippen LogP contribution in [0.2, 0.25) is 0 Å². The monoisotopic (exact) mass is 340 g/mol. The van der Waals surface area contributed by atoms with Crippen molar-refractivity contribution in [2.24, 2.45) is 5.92 Å². The third kappa shape index (κ3) is 3.73. The maximum absolute atomic E-state index is 12.8. The largest absolute Gasteiger partial charge is 0.363 e. The van der Waals surface area contributed by atoms with Crippen molar-refractivity contribution in [3.63, 3.8) is 0 Å². The van der Waals surface area contributed by atoms with Crippen LogP contribution in [-0.2, 0) is 4.79 Å². The molecule has 2 aromatic rings. The van der Waals surface area contributed by atoms with Gasteiger partial charge in [-0.05, 0) is 24.5 Å². The van der Waals surface area contributed by atoms with E-state index in [9.17, 15) is 9.59 Å². The SMILES string of the molecule is CC(=O)N1CCC(CNC(=O)c2cc(N(C)C)nc3ccccc23)C1. The van der Waals surface area contributed by atoms with Crippen LogP contribution >= 0.6 is 0 Å². The van der Waals surface area contributed by atoms with Crippen LogP contribution in [0, 0.1) is 5.92 Å². The molecule has 6 nitrogen and oxygen atoms in total. The number of nitrogens with one attached hydrogen (secondary N) is 1. The molecule has 1 atom stereocenters. The number of hydrogen-bond acceptors (Lipinski definition) is 4. The first kappa shape index (κ1) is 17.2. The van der Waals surface area contributed by atoms with Gasteiger partial charge >= 0.3 is 0 Å². The second kappa shape index (κ2) is 7.09. The lowest BCUT2D eigenvalue weighted by atomic mass is 10.1. The molecule has 25 heavy (non-hydrogen) atoms. The fourth-order valence-electron chi connectivity index (χ4n) is 3.20. The van der Waals surface area contributed by atoms with Crippen molar-refractivity contribution in [3.05, 3.63) is 35.9 Å². The number of carbonyl (C=O) groups excluding carboxylic acids is 2. The Morgan fingerprint density at radius 3 is 2.76 bits per heavy atom. The van der Waals surface area contributed by atoms with E-state index < -0.39 is 0 Å². The molecule has 132 valence electrons. The first-order valence-corrected chi connectivity index (χ1v) is 8.56. The predicted molar refractivity (Wildman–Crippen MR) is 98.8 cm³/mol. The van der Waals surface area contributed by atoms with Crippen molar-refractivity contribution < 1.29 is 9.59 Å². The van der Waals surface area contributed by atoms with E-state index in [4.69, 9.17) is 0 Å². The van der Waals surface area contributed by atoms with Crippen LogP contribution < -0.4 is 10.2 Å². The summed E-state index contributed by atoms with van der Waals surface area (Å²) >= 11 is 0. The van der Waals surface area contributed by atoms with Crippen LogP contribution in [0.3, 0.4) is 0 Å². The number of likely N-dealkylation sites (tertiary alicyclic amines) is 1. The molecule has 1 aromatic heterocycles. The fraction of sp³-hybridized carbons (Fsp3) is 0.421. The number of hydrogen-bond donors (Lipinski definition) is 1. The minimum absolute atomic E-state index is 0.0945. The zero-order valence-electron chi connectivity index (χ0n) is 15.0. The Balaban J connectivity index is 1.77. The van der Waals surface area contributed by atoms with Crippen LogP contribution in [-0.4, -0.2) is 55.4 Å². The molecule has 1 aliphatic heterocycles. The average Bonchev–Trinajstić information content (AvgIpc) is 3.08. The third-order valence-electron chi connectivity index (χ3n) is 4.69. The van der Waals surface area contributed by atoms with E-state index in [2.05, 4.69) is 10.3 Å². The van der Waals surface area contributed by atoms with Crippen molar-refractivity contribution in [1.82, 2.24) is 15.2 Å². The Kier molecular flexibility index (Phi) is 4.88. The molecule has 1 aliphatic rings. The molecule has 3 rings (SSSR count). The van der Waals surface area contributed by atoms with Gasteiger partial charge in [0.2, 0.25) is 5.91 Å². The molecule has 1 N–H and O–H groups in total. The first-order valence-electron chi connectivity index (χ1n) is 8.56. The van der Waals surface area contributed by atoms with Crippen LogP contribution in [0.15, 0.2) is 30.3 Å². The molecular formula is C19H24N4O2. The van der Waals surface area contributed by atoms with Crippen molar-refractivity contribution in [2.45, 2.75) is 13.3 Å². The molecule has 1 unspecified atom stereocenters. The highest BCUT2D eigenvalue weighted by Crippen LogP contribution is 2.22. The van der Waals surface area contributed by atoms with Gasteiger partial charge in [-0.1, -0.05) is 18.2 Å². The summed E-state index contributed by atoms with van der Waals surface area (Å²) in [5.74, 6) is 1.08. The first-order chi connectivity index (χ1) is 12.0. The fourth-order valence-corrected chi connectivity index (χ4v) is 3.20. The Bertz CT molecular complexity index is 803. The lowest BCUT2D eigenvalue weighted by Gasteiger charge is -2.16. The Hall–Kier alpha value is -2.63. The van der Waals surface area contributed by atoms with Crippen molar-refractivity contribution in [2.75, 3.05) is 38.6 Å². The highest BCUT2D eigenvalue weighted by atomic mass is 16.2. The van der Waals surface area contributed by atoms with Gasteiger partial charge in [0.1, 0.15) is 5.82 Å². The normalized spacial score (nSPS) is 16.9. The van der Waals surface area contributed by atoms with E-state index in [-0.39, 0.29) is 11.8 Å². The molecule has 0 bridgehead atoms. The summed E-state index contributed by atoms with van der Waals surface area (Å²) in [6.07, 6.45) is 0.930. The minimum Gasteiger partial charge on any atom is -0.363 e. The summed E-state index contributed by atoms with van der Waals surface area (Å²) in [7, 11) is 3.82. The lowest BCUT2D eigenvalue weighted by Crippen LogP contribution is -2.32. The van der Waals surface area contributed by atoms with Gasteiger partial charge in [-0.15, -0.1) is 0 Å². The number of pyridine rings is 1. The third-order valence-corrected chi connectivity index (χ3v) is 4.69. The van der Waals surface area contributed by atoms with Crippen LogP contribution in [0.5, 0.6) is 0 Å². The quantitative estimate of drug-likeness (QED) is 0.923. The second-order valence-electron chi connectivity index (χ2n) is 6.77. The number of anilines is 1. The van der Waals surface area contributed by atoms with E-state index >= 15 is 0 Å². The van der Waals surface area contributed by atoms with E-state index in [1.807, 2.05) is 54.2 Å². The molecule has 1 fully saturated rings. The van der Waals surface area contributed by atoms with Gasteiger partial charge < -0.3 is 15.1 Å². The number of fused-ring (bicyclic) bond motifs is 1. The molecule has 2 amide bonds. The van der Waals surface area contributed by atoms with Crippen molar-refractivity contribution in [1.29, 1.82) is 0 Å². The van der Waals surface area contributed by atoms with Gasteiger partial charge in [-0.2, -0.15) is 0 Å². The molecule has 1 saturated heterocycles. The Morgan fingerprint density at radius 2 is 2.08 bits per heavy atom. The number of nitrogens with zero attached hydrogens (tertiary/aromatic N) is 3. The standard InChI is InChI=1S/C19H24N4O2/c1-13(24)23-9-8-14(12-23)11-20-19(25)16-10-18(22(2)3)21-17-7-5-4-6-15(16)17/h4-7,10,14H,8-9,11-12H2,1-3H3,(H,20,25). The molecule has 0 saturated carbocycles.